The van der Waals surface area contributed by atoms with Crippen LogP contribution in [-0.4, -0.2) is 22.0 Å². The molecule has 0 aliphatic heterocycles. The fourth-order valence-electron chi connectivity index (χ4n) is 0.718. The van der Waals surface area contributed by atoms with Crippen LogP contribution in [0.1, 0.15) is 20.3 Å². The molecule has 0 saturated carbocycles. The minimum atomic E-state index is -0.614. The van der Waals surface area contributed by atoms with E-state index in [-0.39, 0.29) is 6.10 Å². The number of hydrogen-bond acceptors (Lipinski definition) is 3. The zero-order chi connectivity index (χ0) is 9.84. The van der Waals surface area contributed by atoms with Gasteiger partial charge >= 0.3 is 6.09 Å². The van der Waals surface area contributed by atoms with Crippen LogP contribution in [0, 0.1) is 0 Å². The largest absolute Gasteiger partial charge is 0.445 e. The summed E-state index contributed by atoms with van der Waals surface area (Å²) in [4.78, 5) is 11.2. The van der Waals surface area contributed by atoms with Gasteiger partial charge in [-0.05, 0) is 13.3 Å². The van der Waals surface area contributed by atoms with Crippen molar-refractivity contribution >= 4 is 6.09 Å². The number of carbonyl (C=O) groups is 1. The Morgan fingerprint density at radius 3 is 2.92 bits per heavy atom. The number of aromatic nitrogens is 2. The fourth-order valence-corrected chi connectivity index (χ4v) is 0.718. The van der Waals surface area contributed by atoms with Gasteiger partial charge in [-0.1, -0.05) is 6.92 Å². The van der Waals surface area contributed by atoms with Crippen LogP contribution in [-0.2, 0) is 9.84 Å². The summed E-state index contributed by atoms with van der Waals surface area (Å²) >= 11 is 0. The van der Waals surface area contributed by atoms with E-state index in [0.29, 0.717) is 0 Å². The van der Waals surface area contributed by atoms with Gasteiger partial charge in [0.2, 0.25) is 0 Å². The molecule has 5 nitrogen and oxygen atoms in total. The van der Waals surface area contributed by atoms with Crippen molar-refractivity contribution in [1.82, 2.24) is 9.78 Å². The van der Waals surface area contributed by atoms with Crippen molar-refractivity contribution in [3.8, 4) is 5.88 Å². The highest BCUT2D eigenvalue weighted by Gasteiger charge is 2.11. The average Bonchev–Trinajstić information content (AvgIpc) is 2.51. The molecule has 1 rings (SSSR count). The highest BCUT2D eigenvalue weighted by atomic mass is 16.6. The molecule has 1 aromatic heterocycles. The maximum Gasteiger partial charge on any atom is 0.435 e. The molecule has 71 valence electrons. The van der Waals surface area contributed by atoms with Crippen molar-refractivity contribution in [3.63, 3.8) is 0 Å². The summed E-state index contributed by atoms with van der Waals surface area (Å²) in [6, 6.07) is 1.21. The summed E-state index contributed by atoms with van der Waals surface area (Å²) in [6.07, 6.45) is 1.24. The normalized spacial score (nSPS) is 12.5. The highest BCUT2D eigenvalue weighted by Crippen LogP contribution is 2.05. The first-order valence-electron chi connectivity index (χ1n) is 4.07. The first kappa shape index (κ1) is 9.57. The first-order valence-corrected chi connectivity index (χ1v) is 4.07. The molecule has 1 heterocycles. The van der Waals surface area contributed by atoms with E-state index >= 15 is 0 Å². The van der Waals surface area contributed by atoms with Crippen LogP contribution in [0.4, 0.5) is 4.79 Å². The third-order valence-electron chi connectivity index (χ3n) is 1.63. The third kappa shape index (κ3) is 2.47. The Labute approximate surface area is 75.9 Å². The van der Waals surface area contributed by atoms with E-state index in [1.165, 1.54) is 12.3 Å². The summed E-state index contributed by atoms with van der Waals surface area (Å²) in [5.41, 5.74) is 0. The molecular formula is C8H11N2O3. The second kappa shape index (κ2) is 3.93. The Morgan fingerprint density at radius 1 is 1.77 bits per heavy atom. The van der Waals surface area contributed by atoms with Crippen LogP contribution >= 0.6 is 0 Å². The molecule has 1 unspecified atom stereocenters. The Kier molecular flexibility index (Phi) is 2.89. The molecule has 0 aromatic carbocycles. The molecule has 0 aliphatic carbocycles. The van der Waals surface area contributed by atoms with Crippen LogP contribution in [0.2, 0.25) is 0 Å². The van der Waals surface area contributed by atoms with Crippen LogP contribution < -0.4 is 0 Å². The van der Waals surface area contributed by atoms with E-state index in [1.807, 2.05) is 6.92 Å². The van der Waals surface area contributed by atoms with E-state index < -0.39 is 12.0 Å². The lowest BCUT2D eigenvalue weighted by atomic mass is 10.3. The lowest BCUT2D eigenvalue weighted by molar-refractivity contribution is 0.103. The molecule has 5 heteroatoms. The second-order valence-corrected chi connectivity index (χ2v) is 2.70. The lowest BCUT2D eigenvalue weighted by Gasteiger charge is -2.09. The van der Waals surface area contributed by atoms with Gasteiger partial charge in [-0.3, -0.25) is 5.11 Å². The molecule has 0 amide bonds. The van der Waals surface area contributed by atoms with Crippen molar-refractivity contribution in [2.75, 3.05) is 0 Å². The maximum absolute atomic E-state index is 11.2. The van der Waals surface area contributed by atoms with E-state index in [2.05, 4.69) is 5.10 Å². The van der Waals surface area contributed by atoms with Crippen molar-refractivity contribution in [1.29, 1.82) is 0 Å². The topological polar surface area (TPSA) is 64.0 Å². The number of carbonyl (C=O) groups excluding carboxylic acids is 1. The van der Waals surface area contributed by atoms with Crippen molar-refractivity contribution in [2.45, 2.75) is 26.4 Å². The van der Waals surface area contributed by atoms with Gasteiger partial charge in [-0.15, -0.1) is 5.10 Å². The van der Waals surface area contributed by atoms with Crippen molar-refractivity contribution < 1.29 is 14.6 Å². The summed E-state index contributed by atoms with van der Waals surface area (Å²) in [6.45, 7) is 3.68. The highest BCUT2D eigenvalue weighted by molar-refractivity contribution is 5.69. The monoisotopic (exact) mass is 183 g/mol. The van der Waals surface area contributed by atoms with Crippen LogP contribution in [0.3, 0.4) is 0 Å². The van der Waals surface area contributed by atoms with Crippen molar-refractivity contribution in [3.05, 3.63) is 12.3 Å². The van der Waals surface area contributed by atoms with Gasteiger partial charge in [0.25, 0.3) is 5.88 Å². The standard InChI is InChI=1S/C8H11N2O3/c1-3-6(2)13-8(12)10-5-4-7(11)9-10/h4-6H,3H2,1-2H3. The number of ether oxygens (including phenoxy) is 1. The second-order valence-electron chi connectivity index (χ2n) is 2.70. The molecule has 0 fully saturated rings. The molecule has 13 heavy (non-hydrogen) atoms. The average molecular weight is 183 g/mol. The zero-order valence-electron chi connectivity index (χ0n) is 7.56. The minimum Gasteiger partial charge on any atom is -0.445 e. The van der Waals surface area contributed by atoms with Gasteiger partial charge in [0.15, 0.2) is 0 Å². The van der Waals surface area contributed by atoms with E-state index in [1.54, 1.807) is 6.92 Å². The SMILES string of the molecule is CCC(C)OC(=O)n1ccc([O])n1. The summed E-state index contributed by atoms with van der Waals surface area (Å²) in [7, 11) is 0. The van der Waals surface area contributed by atoms with Crippen LogP contribution in [0.15, 0.2) is 12.3 Å². The Hall–Kier alpha value is -1.52. The Balaban J connectivity index is 2.58. The molecule has 0 aliphatic rings. The van der Waals surface area contributed by atoms with Crippen LogP contribution in [0.5, 0.6) is 5.88 Å². The molecule has 1 aromatic rings. The number of rotatable bonds is 2. The predicted octanol–water partition coefficient (Wildman–Crippen LogP) is 1.81. The smallest absolute Gasteiger partial charge is 0.435 e. The maximum atomic E-state index is 11.2. The van der Waals surface area contributed by atoms with Crippen LogP contribution in [0.25, 0.3) is 0 Å². The van der Waals surface area contributed by atoms with Gasteiger partial charge in [-0.25, -0.2) is 4.79 Å². The lowest BCUT2D eigenvalue weighted by Crippen LogP contribution is -2.19. The van der Waals surface area contributed by atoms with Gasteiger partial charge < -0.3 is 4.74 Å². The molecule has 0 N–H and O–H groups in total. The van der Waals surface area contributed by atoms with E-state index in [0.717, 1.165) is 11.1 Å². The minimum absolute atomic E-state index is 0.160. The van der Waals surface area contributed by atoms with Crippen molar-refractivity contribution in [2.24, 2.45) is 0 Å². The van der Waals surface area contributed by atoms with E-state index in [9.17, 15) is 9.90 Å². The summed E-state index contributed by atoms with van der Waals surface area (Å²) < 4.78 is 5.82. The summed E-state index contributed by atoms with van der Waals surface area (Å²) in [5, 5.41) is 14.0. The van der Waals surface area contributed by atoms with Gasteiger partial charge in [-0.2, -0.15) is 4.68 Å². The predicted molar refractivity (Wildman–Crippen MR) is 44.0 cm³/mol. The van der Waals surface area contributed by atoms with E-state index in [4.69, 9.17) is 4.74 Å². The molecule has 1 radical (unpaired) electrons. The molecular weight excluding hydrogens is 172 g/mol. The zero-order valence-corrected chi connectivity index (χ0v) is 7.56. The van der Waals surface area contributed by atoms with Gasteiger partial charge in [0.1, 0.15) is 6.10 Å². The quantitative estimate of drug-likeness (QED) is 0.702. The Bertz CT molecular complexity index is 295. The fraction of sp³-hybridized carbons (Fsp3) is 0.500. The molecule has 0 saturated heterocycles. The molecule has 0 bridgehead atoms. The number of nitrogens with zero attached hydrogens (tertiary/aromatic N) is 2. The number of hydrogen-bond donors (Lipinski definition) is 0. The molecule has 0 spiro atoms. The first-order chi connectivity index (χ1) is 6.13. The Morgan fingerprint density at radius 2 is 2.46 bits per heavy atom. The summed E-state index contributed by atoms with van der Waals surface area (Å²) in [5.74, 6) is -0.443. The van der Waals surface area contributed by atoms with Gasteiger partial charge in [0.05, 0.1) is 0 Å². The third-order valence-corrected chi connectivity index (χ3v) is 1.63. The molecule has 1 atom stereocenters. The van der Waals surface area contributed by atoms with Gasteiger partial charge in [0, 0.05) is 12.3 Å².